The summed E-state index contributed by atoms with van der Waals surface area (Å²) < 4.78 is 1.89. The van der Waals surface area contributed by atoms with Crippen molar-refractivity contribution in [1.29, 1.82) is 0 Å². The third-order valence-corrected chi connectivity index (χ3v) is 7.46. The van der Waals surface area contributed by atoms with E-state index in [4.69, 9.17) is 0 Å². The molecule has 1 saturated heterocycles. The molecular weight excluding hydrogens is 530 g/mol. The molecule has 0 unspecified atom stereocenters. The van der Waals surface area contributed by atoms with Gasteiger partial charge in [0.1, 0.15) is 5.60 Å². The second-order valence-electron chi connectivity index (χ2n) is 8.49. The third-order valence-electron chi connectivity index (χ3n) is 6.40. The van der Waals surface area contributed by atoms with Crippen LogP contribution < -0.4 is 0 Å². The SMILES string of the molecule is O=C(c1ccc(Br)cc1)[C@@H]1CN(CCCc2ccccc2)CC[C@@]1(O)c1ccc(Br)cc1. The molecule has 3 aromatic rings. The fraction of sp³-hybridized carbons (Fsp3) is 0.296. The lowest BCUT2D eigenvalue weighted by molar-refractivity contribution is -0.0642. The molecule has 0 aromatic heterocycles. The molecule has 0 spiro atoms. The van der Waals surface area contributed by atoms with Crippen molar-refractivity contribution in [3.8, 4) is 0 Å². The van der Waals surface area contributed by atoms with Crippen LogP contribution in [0.2, 0.25) is 0 Å². The van der Waals surface area contributed by atoms with Crippen molar-refractivity contribution in [3.05, 3.63) is 104 Å². The standard InChI is InChI=1S/C27H27Br2NO2/c28-23-12-8-21(9-13-23)26(31)25-19-30(17-4-7-20-5-2-1-3-6-20)18-16-27(25,32)22-10-14-24(29)15-11-22/h1-3,5-6,8-15,25,32H,4,7,16-19H2/t25-,27+/m0/s1. The first-order valence-electron chi connectivity index (χ1n) is 11.0. The summed E-state index contributed by atoms with van der Waals surface area (Å²) in [6.45, 7) is 2.23. The highest BCUT2D eigenvalue weighted by molar-refractivity contribution is 9.10. The van der Waals surface area contributed by atoms with E-state index < -0.39 is 11.5 Å². The Hall–Kier alpha value is -1.79. The Kier molecular flexibility index (Phi) is 7.62. The largest absolute Gasteiger partial charge is 0.384 e. The maximum atomic E-state index is 13.6. The van der Waals surface area contributed by atoms with Crippen LogP contribution in [0.5, 0.6) is 0 Å². The topological polar surface area (TPSA) is 40.5 Å². The van der Waals surface area contributed by atoms with Crippen molar-refractivity contribution < 1.29 is 9.90 Å². The van der Waals surface area contributed by atoms with Crippen LogP contribution in [0.15, 0.2) is 87.8 Å². The number of rotatable bonds is 7. The Balaban J connectivity index is 1.54. The number of piperidine rings is 1. The summed E-state index contributed by atoms with van der Waals surface area (Å²) in [5, 5.41) is 11.8. The molecule has 5 heteroatoms. The molecule has 1 fully saturated rings. The minimum Gasteiger partial charge on any atom is -0.384 e. The number of ketones is 1. The van der Waals surface area contributed by atoms with E-state index >= 15 is 0 Å². The van der Waals surface area contributed by atoms with Crippen LogP contribution in [-0.2, 0) is 12.0 Å². The van der Waals surface area contributed by atoms with Crippen LogP contribution in [0.25, 0.3) is 0 Å². The fourth-order valence-corrected chi connectivity index (χ4v) is 5.09. The molecule has 1 N–H and O–H groups in total. The van der Waals surface area contributed by atoms with Crippen molar-refractivity contribution in [3.63, 3.8) is 0 Å². The first-order valence-corrected chi connectivity index (χ1v) is 12.6. The number of halogens is 2. The average molecular weight is 557 g/mol. The molecule has 1 heterocycles. The Morgan fingerprint density at radius 2 is 1.56 bits per heavy atom. The van der Waals surface area contributed by atoms with Gasteiger partial charge in [-0.3, -0.25) is 4.79 Å². The van der Waals surface area contributed by atoms with Crippen molar-refractivity contribution in [2.75, 3.05) is 19.6 Å². The van der Waals surface area contributed by atoms with E-state index in [1.165, 1.54) is 5.56 Å². The fourth-order valence-electron chi connectivity index (χ4n) is 4.56. The molecule has 0 saturated carbocycles. The van der Waals surface area contributed by atoms with Gasteiger partial charge in [-0.25, -0.2) is 0 Å². The number of hydrogen-bond donors (Lipinski definition) is 1. The number of hydrogen-bond acceptors (Lipinski definition) is 3. The molecule has 0 amide bonds. The lowest BCUT2D eigenvalue weighted by Gasteiger charge is -2.44. The van der Waals surface area contributed by atoms with Gasteiger partial charge in [-0.05, 0) is 61.2 Å². The first-order chi connectivity index (χ1) is 15.5. The van der Waals surface area contributed by atoms with Gasteiger partial charge in [-0.15, -0.1) is 0 Å². The predicted molar refractivity (Wildman–Crippen MR) is 136 cm³/mol. The monoisotopic (exact) mass is 555 g/mol. The Morgan fingerprint density at radius 1 is 0.938 bits per heavy atom. The molecule has 1 aliphatic rings. The minimum atomic E-state index is -1.18. The zero-order valence-electron chi connectivity index (χ0n) is 17.9. The number of aliphatic hydroxyl groups is 1. The minimum absolute atomic E-state index is 0.00400. The van der Waals surface area contributed by atoms with Crippen molar-refractivity contribution in [2.24, 2.45) is 5.92 Å². The molecule has 4 rings (SSSR count). The first kappa shape index (κ1) is 23.4. The van der Waals surface area contributed by atoms with Crippen LogP contribution in [0.4, 0.5) is 0 Å². The molecule has 166 valence electrons. The van der Waals surface area contributed by atoms with E-state index in [2.05, 4.69) is 61.0 Å². The number of Topliss-reactive ketones (excluding diaryl/α,β-unsaturated/α-hetero) is 1. The van der Waals surface area contributed by atoms with Crippen LogP contribution in [0.3, 0.4) is 0 Å². The van der Waals surface area contributed by atoms with Gasteiger partial charge in [0.05, 0.1) is 5.92 Å². The van der Waals surface area contributed by atoms with Gasteiger partial charge in [-0.2, -0.15) is 0 Å². The van der Waals surface area contributed by atoms with E-state index in [0.29, 0.717) is 18.5 Å². The average Bonchev–Trinajstić information content (AvgIpc) is 2.81. The summed E-state index contributed by atoms with van der Waals surface area (Å²) >= 11 is 6.91. The smallest absolute Gasteiger partial charge is 0.170 e. The van der Waals surface area contributed by atoms with Gasteiger partial charge >= 0.3 is 0 Å². The van der Waals surface area contributed by atoms with Crippen molar-refractivity contribution in [2.45, 2.75) is 24.9 Å². The van der Waals surface area contributed by atoms with E-state index in [1.807, 2.05) is 54.6 Å². The number of benzene rings is 3. The zero-order valence-corrected chi connectivity index (χ0v) is 21.1. The number of nitrogens with zero attached hydrogens (tertiary/aromatic N) is 1. The van der Waals surface area contributed by atoms with Gasteiger partial charge in [0.15, 0.2) is 5.78 Å². The van der Waals surface area contributed by atoms with E-state index in [9.17, 15) is 9.90 Å². The van der Waals surface area contributed by atoms with Crippen LogP contribution >= 0.6 is 31.9 Å². The summed E-state index contributed by atoms with van der Waals surface area (Å²) in [5.74, 6) is -0.522. The summed E-state index contributed by atoms with van der Waals surface area (Å²) in [5.41, 5.74) is 1.60. The third kappa shape index (κ3) is 5.40. The van der Waals surface area contributed by atoms with E-state index in [1.54, 1.807) is 0 Å². The maximum absolute atomic E-state index is 13.6. The second kappa shape index (κ2) is 10.4. The summed E-state index contributed by atoms with van der Waals surface area (Å²) in [4.78, 5) is 15.9. The van der Waals surface area contributed by atoms with Gasteiger partial charge in [0.25, 0.3) is 0 Å². The summed E-state index contributed by atoms with van der Waals surface area (Å²) in [6, 6.07) is 25.6. The number of likely N-dealkylation sites (tertiary alicyclic amines) is 1. The number of carbonyl (C=O) groups is 1. The lowest BCUT2D eigenvalue weighted by atomic mass is 9.72. The van der Waals surface area contributed by atoms with Gasteiger partial charge < -0.3 is 10.0 Å². The molecule has 0 bridgehead atoms. The molecule has 3 aromatic carbocycles. The predicted octanol–water partition coefficient (Wildman–Crippen LogP) is 6.24. The highest BCUT2D eigenvalue weighted by atomic mass is 79.9. The quantitative estimate of drug-likeness (QED) is 0.350. The maximum Gasteiger partial charge on any atom is 0.170 e. The second-order valence-corrected chi connectivity index (χ2v) is 10.3. The Morgan fingerprint density at radius 3 is 2.22 bits per heavy atom. The molecular formula is C27H27Br2NO2. The molecule has 0 aliphatic carbocycles. The van der Waals surface area contributed by atoms with Gasteiger partial charge in [0, 0.05) is 27.6 Å². The lowest BCUT2D eigenvalue weighted by Crippen LogP contribution is -2.53. The summed E-state index contributed by atoms with van der Waals surface area (Å²) in [6.07, 6.45) is 2.58. The Bertz CT molecular complexity index is 1040. The van der Waals surface area contributed by atoms with E-state index in [0.717, 1.165) is 40.4 Å². The van der Waals surface area contributed by atoms with Crippen LogP contribution in [0, 0.1) is 5.92 Å². The van der Waals surface area contributed by atoms with E-state index in [-0.39, 0.29) is 5.78 Å². The molecule has 2 atom stereocenters. The van der Waals surface area contributed by atoms with Gasteiger partial charge in [0.2, 0.25) is 0 Å². The van der Waals surface area contributed by atoms with Crippen molar-refractivity contribution >= 4 is 37.6 Å². The highest BCUT2D eigenvalue weighted by Gasteiger charge is 2.46. The van der Waals surface area contributed by atoms with Crippen LogP contribution in [0.1, 0.15) is 34.3 Å². The van der Waals surface area contributed by atoms with Gasteiger partial charge in [-0.1, -0.05) is 86.5 Å². The zero-order chi connectivity index (χ0) is 22.6. The number of aryl methyl sites for hydroxylation is 1. The van der Waals surface area contributed by atoms with Crippen molar-refractivity contribution in [1.82, 2.24) is 4.90 Å². The number of carbonyl (C=O) groups excluding carboxylic acids is 1. The molecule has 3 nitrogen and oxygen atoms in total. The normalized spacial score (nSPS) is 21.4. The molecule has 1 aliphatic heterocycles. The summed E-state index contributed by atoms with van der Waals surface area (Å²) in [7, 11) is 0. The Labute approximate surface area is 206 Å². The molecule has 0 radical (unpaired) electrons. The molecule has 32 heavy (non-hydrogen) atoms. The highest BCUT2D eigenvalue weighted by Crippen LogP contribution is 2.40. The van der Waals surface area contributed by atoms with Crippen LogP contribution in [-0.4, -0.2) is 35.4 Å².